The van der Waals surface area contributed by atoms with Crippen LogP contribution in [0.4, 0.5) is 0 Å². The molecular weight excluding hydrogens is 504 g/mol. The molecule has 3 heteroatoms. The zero-order chi connectivity index (χ0) is 26.9. The van der Waals surface area contributed by atoms with Crippen LogP contribution in [0.2, 0.25) is 0 Å². The highest BCUT2D eigenvalue weighted by Gasteiger charge is 2.20. The van der Waals surface area contributed by atoms with Gasteiger partial charge in [0.2, 0.25) is 0 Å². The van der Waals surface area contributed by atoms with E-state index in [2.05, 4.69) is 97.1 Å². The third-order valence-electron chi connectivity index (χ3n) is 8.46. The first kappa shape index (κ1) is 22.7. The molecule has 0 saturated carbocycles. The lowest BCUT2D eigenvalue weighted by atomic mass is 9.90. The zero-order valence-electron chi connectivity index (χ0n) is 22.2. The number of fused-ring (bicyclic) bond motifs is 9. The van der Waals surface area contributed by atoms with Gasteiger partial charge in [0.25, 0.3) is 0 Å². The predicted molar refractivity (Wildman–Crippen MR) is 166 cm³/mol. The van der Waals surface area contributed by atoms with E-state index in [9.17, 15) is 0 Å². The topological polar surface area (TPSA) is 35.5 Å². The Morgan fingerprint density at radius 1 is 0.390 bits per heavy atom. The Morgan fingerprint density at radius 2 is 0.854 bits per heavy atom. The lowest BCUT2D eigenvalue weighted by Crippen LogP contribution is -1.91. The van der Waals surface area contributed by atoms with Crippen LogP contribution in [0.25, 0.3) is 77.3 Å². The standard InChI is InChI=1S/C38H24O3/c1-3-13-35-29(7-1)31-11-5-9-27(37(31)40-35)23-15-17-25-21-39-22-26-18-16-24(20-34(26)33(25)19-23)28-10-6-12-32-30-8-2-4-14-36(30)41-38(28)32/h1-20H,21-22H2. The minimum atomic E-state index is 0.577. The van der Waals surface area contributed by atoms with Gasteiger partial charge in [-0.05, 0) is 57.6 Å². The molecule has 1 aliphatic heterocycles. The average molecular weight is 529 g/mol. The molecule has 8 aromatic rings. The van der Waals surface area contributed by atoms with Gasteiger partial charge in [-0.25, -0.2) is 0 Å². The number of hydrogen-bond donors (Lipinski definition) is 0. The monoisotopic (exact) mass is 528 g/mol. The van der Waals surface area contributed by atoms with E-state index in [1.807, 2.05) is 24.3 Å². The van der Waals surface area contributed by atoms with E-state index in [0.29, 0.717) is 13.2 Å². The van der Waals surface area contributed by atoms with Crippen LogP contribution in [0, 0.1) is 0 Å². The quantitative estimate of drug-likeness (QED) is 0.224. The van der Waals surface area contributed by atoms with Crippen LogP contribution in [-0.4, -0.2) is 0 Å². The first-order valence-electron chi connectivity index (χ1n) is 14.0. The van der Waals surface area contributed by atoms with Crippen molar-refractivity contribution in [3.8, 4) is 33.4 Å². The third kappa shape index (κ3) is 3.43. The van der Waals surface area contributed by atoms with Crippen molar-refractivity contribution in [3.05, 3.63) is 132 Å². The second kappa shape index (κ2) is 8.69. The number of rotatable bonds is 2. The van der Waals surface area contributed by atoms with Crippen molar-refractivity contribution in [2.45, 2.75) is 13.2 Å². The fraction of sp³-hybridized carbons (Fsp3) is 0.0526. The van der Waals surface area contributed by atoms with Crippen LogP contribution in [0.3, 0.4) is 0 Å². The molecule has 1 aliphatic rings. The molecule has 3 heterocycles. The molecule has 0 N–H and O–H groups in total. The van der Waals surface area contributed by atoms with Crippen molar-refractivity contribution in [3.63, 3.8) is 0 Å². The second-order valence-corrected chi connectivity index (χ2v) is 10.8. The summed E-state index contributed by atoms with van der Waals surface area (Å²) in [6, 6.07) is 42.7. The Kier molecular flexibility index (Phi) is 4.80. The molecule has 6 aromatic carbocycles. The highest BCUT2D eigenvalue weighted by atomic mass is 16.5. The van der Waals surface area contributed by atoms with Gasteiger partial charge < -0.3 is 13.6 Å². The van der Waals surface area contributed by atoms with Gasteiger partial charge >= 0.3 is 0 Å². The first-order chi connectivity index (χ1) is 20.3. The van der Waals surface area contributed by atoms with E-state index < -0.39 is 0 Å². The van der Waals surface area contributed by atoms with Crippen LogP contribution in [-0.2, 0) is 18.0 Å². The molecule has 194 valence electrons. The minimum absolute atomic E-state index is 0.577. The SMILES string of the molecule is c1ccc2c(c1)oc1c(-c3ccc4c(c3)-c3cc(-c5cccc6c5oc5ccccc56)ccc3COC4)cccc12. The molecule has 0 bridgehead atoms. The van der Waals surface area contributed by atoms with Gasteiger partial charge in [-0.2, -0.15) is 0 Å². The van der Waals surface area contributed by atoms with Crippen molar-refractivity contribution >= 4 is 43.9 Å². The lowest BCUT2D eigenvalue weighted by molar-refractivity contribution is 0.110. The van der Waals surface area contributed by atoms with Crippen molar-refractivity contribution in [2.24, 2.45) is 0 Å². The van der Waals surface area contributed by atoms with Crippen molar-refractivity contribution in [1.29, 1.82) is 0 Å². The summed E-state index contributed by atoms with van der Waals surface area (Å²) in [5, 5.41) is 4.56. The summed E-state index contributed by atoms with van der Waals surface area (Å²) in [6.07, 6.45) is 0. The highest BCUT2D eigenvalue weighted by molar-refractivity contribution is 6.11. The Bertz CT molecular complexity index is 2140. The molecule has 0 radical (unpaired) electrons. The maximum atomic E-state index is 6.38. The number of ether oxygens (including phenoxy) is 1. The first-order valence-corrected chi connectivity index (χ1v) is 14.0. The number of furan rings is 2. The highest BCUT2D eigenvalue weighted by Crippen LogP contribution is 2.42. The normalized spacial score (nSPS) is 13.1. The molecule has 2 aromatic heterocycles. The van der Waals surface area contributed by atoms with Crippen molar-refractivity contribution in [1.82, 2.24) is 0 Å². The Hall–Kier alpha value is -5.12. The van der Waals surface area contributed by atoms with Crippen molar-refractivity contribution in [2.75, 3.05) is 0 Å². The number of benzene rings is 6. The van der Waals surface area contributed by atoms with Crippen LogP contribution >= 0.6 is 0 Å². The molecule has 0 unspecified atom stereocenters. The smallest absolute Gasteiger partial charge is 0.143 e. The van der Waals surface area contributed by atoms with Crippen LogP contribution in [0.15, 0.2) is 130 Å². The molecule has 41 heavy (non-hydrogen) atoms. The summed E-state index contributed by atoms with van der Waals surface area (Å²) in [5.74, 6) is 0. The molecule has 0 amide bonds. The predicted octanol–water partition coefficient (Wildman–Crippen LogP) is 10.5. The van der Waals surface area contributed by atoms with E-state index in [1.54, 1.807) is 0 Å². The maximum absolute atomic E-state index is 6.38. The van der Waals surface area contributed by atoms with Gasteiger partial charge in [-0.1, -0.05) is 97.1 Å². The molecule has 0 aliphatic carbocycles. The summed E-state index contributed by atoms with van der Waals surface area (Å²) in [7, 11) is 0. The number of hydrogen-bond acceptors (Lipinski definition) is 3. The van der Waals surface area contributed by atoms with E-state index in [4.69, 9.17) is 13.6 Å². The van der Waals surface area contributed by atoms with Gasteiger partial charge in [0.15, 0.2) is 0 Å². The van der Waals surface area contributed by atoms with E-state index in [0.717, 1.165) is 66.1 Å². The molecule has 0 atom stereocenters. The van der Waals surface area contributed by atoms with E-state index >= 15 is 0 Å². The van der Waals surface area contributed by atoms with Gasteiger partial charge in [0.1, 0.15) is 22.3 Å². The fourth-order valence-electron chi connectivity index (χ4n) is 6.46. The van der Waals surface area contributed by atoms with Crippen LogP contribution in [0.1, 0.15) is 11.1 Å². The summed E-state index contributed by atoms with van der Waals surface area (Å²) >= 11 is 0. The molecular formula is C38H24O3. The molecule has 9 rings (SSSR count). The lowest BCUT2D eigenvalue weighted by Gasteiger charge is -2.13. The largest absolute Gasteiger partial charge is 0.455 e. The van der Waals surface area contributed by atoms with Crippen LogP contribution < -0.4 is 0 Å². The van der Waals surface area contributed by atoms with Crippen LogP contribution in [0.5, 0.6) is 0 Å². The zero-order valence-corrected chi connectivity index (χ0v) is 22.2. The molecule has 0 fully saturated rings. The fourth-order valence-corrected chi connectivity index (χ4v) is 6.46. The summed E-state index contributed by atoms with van der Waals surface area (Å²) < 4.78 is 18.9. The van der Waals surface area contributed by atoms with Gasteiger partial charge in [-0.3, -0.25) is 0 Å². The maximum Gasteiger partial charge on any atom is 0.143 e. The third-order valence-corrected chi connectivity index (χ3v) is 8.46. The minimum Gasteiger partial charge on any atom is -0.455 e. The molecule has 0 saturated heterocycles. The summed E-state index contributed by atoms with van der Waals surface area (Å²) in [5.41, 5.74) is 12.9. The van der Waals surface area contributed by atoms with E-state index in [-0.39, 0.29) is 0 Å². The Balaban J connectivity index is 1.24. The summed E-state index contributed by atoms with van der Waals surface area (Å²) in [6.45, 7) is 1.15. The molecule has 3 nitrogen and oxygen atoms in total. The molecule has 0 spiro atoms. The Labute approximate surface area is 236 Å². The Morgan fingerprint density at radius 3 is 1.37 bits per heavy atom. The number of para-hydroxylation sites is 4. The van der Waals surface area contributed by atoms with Gasteiger partial charge in [0, 0.05) is 32.7 Å². The van der Waals surface area contributed by atoms with E-state index in [1.165, 1.54) is 22.3 Å². The van der Waals surface area contributed by atoms with Crippen molar-refractivity contribution < 1.29 is 13.6 Å². The van der Waals surface area contributed by atoms with Gasteiger partial charge in [-0.15, -0.1) is 0 Å². The van der Waals surface area contributed by atoms with Gasteiger partial charge in [0.05, 0.1) is 13.2 Å². The second-order valence-electron chi connectivity index (χ2n) is 10.8. The summed E-state index contributed by atoms with van der Waals surface area (Å²) in [4.78, 5) is 0. The average Bonchev–Trinajstić information content (AvgIpc) is 3.54.